The van der Waals surface area contributed by atoms with E-state index in [1.807, 2.05) is 23.6 Å². The first-order chi connectivity index (χ1) is 12.9. The number of rotatable bonds is 6. The van der Waals surface area contributed by atoms with Gasteiger partial charge in [-0.2, -0.15) is 5.10 Å². The zero-order valence-electron chi connectivity index (χ0n) is 17.9. The predicted octanol–water partition coefficient (Wildman–Crippen LogP) is 2.37. The Morgan fingerprint density at radius 3 is 2.63 bits per heavy atom. The Hall–Kier alpha value is -1.40. The van der Waals surface area contributed by atoms with Crippen molar-refractivity contribution in [3.63, 3.8) is 0 Å². The van der Waals surface area contributed by atoms with Crippen molar-refractivity contribution >= 4 is 5.91 Å². The Morgan fingerprint density at radius 1 is 1.33 bits per heavy atom. The largest absolute Gasteiger partial charge is 0.340 e. The van der Waals surface area contributed by atoms with E-state index in [1.165, 1.54) is 12.8 Å². The molecule has 2 saturated heterocycles. The summed E-state index contributed by atoms with van der Waals surface area (Å²) >= 11 is 0. The quantitative estimate of drug-likeness (QED) is 0.766. The van der Waals surface area contributed by atoms with Gasteiger partial charge in [0.2, 0.25) is 5.91 Å². The van der Waals surface area contributed by atoms with E-state index in [-0.39, 0.29) is 11.9 Å². The van der Waals surface area contributed by atoms with Gasteiger partial charge in [-0.15, -0.1) is 0 Å². The summed E-state index contributed by atoms with van der Waals surface area (Å²) in [5.74, 6) is 0.280. The van der Waals surface area contributed by atoms with E-state index in [2.05, 4.69) is 42.0 Å². The third-order valence-electron chi connectivity index (χ3n) is 6.60. The van der Waals surface area contributed by atoms with Crippen molar-refractivity contribution in [2.24, 2.45) is 5.41 Å². The Kier molecular flexibility index (Phi) is 6.26. The van der Waals surface area contributed by atoms with E-state index in [1.54, 1.807) is 0 Å². The lowest BCUT2D eigenvalue weighted by Crippen LogP contribution is -2.44. The molecule has 3 rings (SSSR count). The second-order valence-electron chi connectivity index (χ2n) is 8.78. The first-order valence-electron chi connectivity index (χ1n) is 10.6. The van der Waals surface area contributed by atoms with Gasteiger partial charge < -0.3 is 9.80 Å². The topological polar surface area (TPSA) is 44.6 Å². The second-order valence-corrected chi connectivity index (χ2v) is 8.78. The highest BCUT2D eigenvalue weighted by molar-refractivity contribution is 5.82. The minimum Gasteiger partial charge on any atom is -0.340 e. The molecule has 1 aromatic heterocycles. The molecule has 0 N–H and O–H groups in total. The molecule has 2 fully saturated rings. The van der Waals surface area contributed by atoms with Crippen molar-refractivity contribution in [1.82, 2.24) is 24.5 Å². The number of hydrogen-bond donors (Lipinski definition) is 0. The van der Waals surface area contributed by atoms with E-state index in [4.69, 9.17) is 0 Å². The highest BCUT2D eigenvalue weighted by Gasteiger charge is 2.47. The van der Waals surface area contributed by atoms with Crippen LogP contribution in [0.2, 0.25) is 0 Å². The fourth-order valence-corrected chi connectivity index (χ4v) is 4.83. The summed E-state index contributed by atoms with van der Waals surface area (Å²) in [7, 11) is 4.16. The van der Waals surface area contributed by atoms with Crippen LogP contribution in [0.15, 0.2) is 6.20 Å². The molecule has 0 bridgehead atoms. The van der Waals surface area contributed by atoms with Crippen LogP contribution in [-0.4, -0.2) is 76.7 Å². The number of aryl methyl sites for hydroxylation is 2. The van der Waals surface area contributed by atoms with Gasteiger partial charge in [-0.05, 0) is 71.6 Å². The van der Waals surface area contributed by atoms with Gasteiger partial charge in [0.25, 0.3) is 0 Å². The normalized spacial score (nSPS) is 23.2. The Labute approximate surface area is 164 Å². The van der Waals surface area contributed by atoms with E-state index in [9.17, 15) is 4.79 Å². The molecule has 0 saturated carbocycles. The summed E-state index contributed by atoms with van der Waals surface area (Å²) in [6, 6.07) is 0.0416. The van der Waals surface area contributed by atoms with Crippen molar-refractivity contribution in [2.45, 2.75) is 65.6 Å². The third-order valence-corrected chi connectivity index (χ3v) is 6.60. The van der Waals surface area contributed by atoms with Crippen LogP contribution in [0.5, 0.6) is 0 Å². The van der Waals surface area contributed by atoms with Gasteiger partial charge in [-0.3, -0.25) is 14.4 Å². The first kappa shape index (κ1) is 20.3. The second kappa shape index (κ2) is 8.31. The predicted molar refractivity (Wildman–Crippen MR) is 109 cm³/mol. The first-order valence-corrected chi connectivity index (χ1v) is 10.6. The Bertz CT molecular complexity index is 647. The highest BCUT2D eigenvalue weighted by atomic mass is 16.2. The molecule has 0 aliphatic carbocycles. The molecule has 152 valence electrons. The SMILES string of the molecule is CCCN1CC2(CCN(C)CC2)C[C@@H]1C(=O)N(C)Cc1cn(CC)nc1C. The zero-order valence-corrected chi connectivity index (χ0v) is 17.9. The van der Waals surface area contributed by atoms with Crippen molar-refractivity contribution in [3.05, 3.63) is 17.5 Å². The number of nitrogens with zero attached hydrogens (tertiary/aromatic N) is 5. The lowest BCUT2D eigenvalue weighted by molar-refractivity contribution is -0.135. The number of piperidine rings is 1. The molecule has 1 aromatic rings. The lowest BCUT2D eigenvalue weighted by Gasteiger charge is -2.37. The van der Waals surface area contributed by atoms with Crippen molar-refractivity contribution in [2.75, 3.05) is 40.3 Å². The summed E-state index contributed by atoms with van der Waals surface area (Å²) in [5.41, 5.74) is 2.52. The molecular formula is C21H37N5O. The van der Waals surface area contributed by atoms with Crippen LogP contribution in [0.1, 0.15) is 50.8 Å². The van der Waals surface area contributed by atoms with Crippen LogP contribution in [0, 0.1) is 12.3 Å². The molecule has 0 unspecified atom stereocenters. The minimum absolute atomic E-state index is 0.0416. The van der Waals surface area contributed by atoms with E-state index < -0.39 is 0 Å². The maximum absolute atomic E-state index is 13.4. The highest BCUT2D eigenvalue weighted by Crippen LogP contribution is 2.43. The van der Waals surface area contributed by atoms with E-state index in [0.717, 1.165) is 56.8 Å². The Morgan fingerprint density at radius 2 is 2.04 bits per heavy atom. The minimum atomic E-state index is 0.0416. The fraction of sp³-hybridized carbons (Fsp3) is 0.810. The van der Waals surface area contributed by atoms with Gasteiger partial charge in [0.05, 0.1) is 11.7 Å². The van der Waals surface area contributed by atoms with Crippen LogP contribution in [0.3, 0.4) is 0 Å². The average Bonchev–Trinajstić information content (AvgIpc) is 3.18. The third kappa shape index (κ3) is 4.37. The molecular weight excluding hydrogens is 338 g/mol. The van der Waals surface area contributed by atoms with Gasteiger partial charge in [0.1, 0.15) is 0 Å². The molecule has 3 heterocycles. The summed E-state index contributed by atoms with van der Waals surface area (Å²) in [5, 5.41) is 4.52. The molecule has 0 radical (unpaired) electrons. The molecule has 0 aromatic carbocycles. The molecule has 1 spiro atoms. The number of aromatic nitrogens is 2. The molecule has 6 heteroatoms. The summed E-state index contributed by atoms with van der Waals surface area (Å²) < 4.78 is 1.95. The number of likely N-dealkylation sites (tertiary alicyclic amines) is 2. The van der Waals surface area contributed by atoms with Crippen LogP contribution in [-0.2, 0) is 17.9 Å². The number of likely N-dealkylation sites (N-methyl/N-ethyl adjacent to an activating group) is 1. The van der Waals surface area contributed by atoms with Crippen LogP contribution < -0.4 is 0 Å². The van der Waals surface area contributed by atoms with Crippen molar-refractivity contribution < 1.29 is 4.79 Å². The molecule has 6 nitrogen and oxygen atoms in total. The summed E-state index contributed by atoms with van der Waals surface area (Å²) in [6.07, 6.45) is 6.65. The van der Waals surface area contributed by atoms with Gasteiger partial charge >= 0.3 is 0 Å². The molecule has 2 aliphatic rings. The van der Waals surface area contributed by atoms with E-state index >= 15 is 0 Å². The maximum Gasteiger partial charge on any atom is 0.239 e. The number of amides is 1. The smallest absolute Gasteiger partial charge is 0.239 e. The van der Waals surface area contributed by atoms with Crippen molar-refractivity contribution in [1.29, 1.82) is 0 Å². The van der Waals surface area contributed by atoms with Gasteiger partial charge in [-0.25, -0.2) is 0 Å². The molecule has 2 aliphatic heterocycles. The van der Waals surface area contributed by atoms with Gasteiger partial charge in [0.15, 0.2) is 0 Å². The van der Waals surface area contributed by atoms with Crippen LogP contribution in [0.25, 0.3) is 0 Å². The fourth-order valence-electron chi connectivity index (χ4n) is 4.83. The molecule has 1 amide bonds. The van der Waals surface area contributed by atoms with Crippen LogP contribution in [0.4, 0.5) is 0 Å². The number of carbonyl (C=O) groups is 1. The van der Waals surface area contributed by atoms with Crippen LogP contribution >= 0.6 is 0 Å². The standard InChI is InChI=1S/C21H37N5O/c1-6-10-25-16-21(8-11-23(4)12-9-21)13-19(25)20(27)24(5)14-18-15-26(7-2)22-17(18)3/h15,19H,6-14,16H2,1-5H3/t19-/m1/s1. The molecule has 27 heavy (non-hydrogen) atoms. The average molecular weight is 376 g/mol. The lowest BCUT2D eigenvalue weighted by atomic mass is 9.76. The summed E-state index contributed by atoms with van der Waals surface area (Å²) in [4.78, 5) is 20.2. The zero-order chi connectivity index (χ0) is 19.6. The van der Waals surface area contributed by atoms with Gasteiger partial charge in [0, 0.05) is 38.4 Å². The van der Waals surface area contributed by atoms with Crippen molar-refractivity contribution in [3.8, 4) is 0 Å². The van der Waals surface area contributed by atoms with E-state index in [0.29, 0.717) is 12.0 Å². The summed E-state index contributed by atoms with van der Waals surface area (Å²) in [6.45, 7) is 12.3. The molecule has 1 atom stereocenters. The monoisotopic (exact) mass is 375 g/mol. The number of hydrogen-bond acceptors (Lipinski definition) is 4. The number of carbonyl (C=O) groups excluding carboxylic acids is 1. The maximum atomic E-state index is 13.4. The Balaban J connectivity index is 1.70. The van der Waals surface area contributed by atoms with Gasteiger partial charge in [-0.1, -0.05) is 6.92 Å².